The molecule has 2 bridgehead atoms. The first-order valence-electron chi connectivity index (χ1n) is 11.4. The van der Waals surface area contributed by atoms with Crippen molar-refractivity contribution in [2.75, 3.05) is 24.6 Å². The van der Waals surface area contributed by atoms with Crippen LogP contribution >= 0.6 is 0 Å². The lowest BCUT2D eigenvalue weighted by Gasteiger charge is -2.47. The predicted molar refractivity (Wildman–Crippen MR) is 118 cm³/mol. The second-order valence-corrected chi connectivity index (χ2v) is 9.93. The summed E-state index contributed by atoms with van der Waals surface area (Å²) < 4.78 is 35.3. The summed E-state index contributed by atoms with van der Waals surface area (Å²) in [5.74, 6) is 0.421. The fourth-order valence-corrected chi connectivity index (χ4v) is 6.56. The van der Waals surface area contributed by atoms with Crippen LogP contribution in [0, 0.1) is 24.0 Å². The third-order valence-electron chi connectivity index (χ3n) is 8.19. The van der Waals surface area contributed by atoms with E-state index in [1.54, 1.807) is 0 Å². The first-order valence-corrected chi connectivity index (χ1v) is 11.4. The van der Waals surface area contributed by atoms with Crippen LogP contribution in [0.3, 0.4) is 0 Å². The van der Waals surface area contributed by atoms with Gasteiger partial charge in [-0.25, -0.2) is 13.9 Å². The van der Waals surface area contributed by atoms with Crippen molar-refractivity contribution in [1.82, 2.24) is 25.4 Å². The van der Waals surface area contributed by atoms with Gasteiger partial charge in [-0.15, -0.1) is 0 Å². The zero-order chi connectivity index (χ0) is 23.0. The van der Waals surface area contributed by atoms with Gasteiger partial charge in [-0.2, -0.15) is 20.3 Å². The summed E-state index contributed by atoms with van der Waals surface area (Å²) >= 11 is 0. The van der Waals surface area contributed by atoms with Crippen molar-refractivity contribution >= 4 is 5.95 Å². The van der Waals surface area contributed by atoms with E-state index in [2.05, 4.69) is 44.1 Å². The van der Waals surface area contributed by atoms with Crippen LogP contribution in [0.15, 0.2) is 24.3 Å². The van der Waals surface area contributed by atoms with Crippen molar-refractivity contribution in [2.24, 2.45) is 5.41 Å². The van der Waals surface area contributed by atoms with Gasteiger partial charge >= 0.3 is 0 Å². The maximum Gasteiger partial charge on any atom is 0.221 e. The molecule has 1 aromatic carbocycles. The topological polar surface area (TPSA) is 79.8 Å². The number of nitrogens with zero attached hydrogens (tertiary/aromatic N) is 5. The average Bonchev–Trinajstić information content (AvgIpc) is 3.40. The summed E-state index contributed by atoms with van der Waals surface area (Å²) in [4.78, 5) is 6.68. The minimum absolute atomic E-state index is 0.108. The fraction of sp³-hybridized carbons (Fsp3) is 0.500. The molecular weight excluding hydrogens is 426 g/mol. The molecule has 3 atom stereocenters. The molecule has 7 nitrogen and oxygen atoms in total. The molecule has 0 spiro atoms. The van der Waals surface area contributed by atoms with Gasteiger partial charge in [0.1, 0.15) is 17.5 Å². The van der Waals surface area contributed by atoms with Crippen LogP contribution in [0.5, 0.6) is 0 Å². The third kappa shape index (κ3) is 2.74. The molecule has 3 heterocycles. The Morgan fingerprint density at radius 1 is 1.18 bits per heavy atom. The largest absolute Gasteiger partial charge is 0.374 e. The number of hydrogen-bond donors (Lipinski definition) is 1. The molecule has 0 radical (unpaired) electrons. The molecule has 6 rings (SSSR count). The number of aromatic nitrogens is 5. The first kappa shape index (κ1) is 20.7. The highest BCUT2D eigenvalue weighted by Crippen LogP contribution is 2.69. The minimum Gasteiger partial charge on any atom is -0.374 e. The summed E-state index contributed by atoms with van der Waals surface area (Å²) in [5.41, 5.74) is 1.59. The molecule has 3 aliphatic rings. The lowest BCUT2D eigenvalue weighted by atomic mass is 9.64. The SMILES string of the molecule is Cc1n[nH]c(N2CCOC(C34CCC(c5cc(-c6c(F)cccc6F)nnc53)C4(C)C)C2)n1. The highest BCUT2D eigenvalue weighted by atomic mass is 19.1. The summed E-state index contributed by atoms with van der Waals surface area (Å²) in [6, 6.07) is 5.70. The van der Waals surface area contributed by atoms with E-state index in [1.165, 1.54) is 18.2 Å². The molecule has 1 saturated heterocycles. The number of fused-ring (bicyclic) bond motifs is 5. The molecule has 2 aromatic heterocycles. The molecule has 172 valence electrons. The van der Waals surface area contributed by atoms with E-state index in [0.29, 0.717) is 19.0 Å². The number of rotatable bonds is 3. The Kier molecular flexibility index (Phi) is 4.40. The highest BCUT2D eigenvalue weighted by Gasteiger charge is 2.67. The van der Waals surface area contributed by atoms with Crippen LogP contribution in [0.2, 0.25) is 0 Å². The molecule has 9 heteroatoms. The van der Waals surface area contributed by atoms with Gasteiger partial charge in [0.25, 0.3) is 0 Å². The summed E-state index contributed by atoms with van der Waals surface area (Å²) in [7, 11) is 0. The lowest BCUT2D eigenvalue weighted by molar-refractivity contribution is -0.0469. The fourth-order valence-electron chi connectivity index (χ4n) is 6.56. The Labute approximate surface area is 190 Å². The molecule has 2 aliphatic carbocycles. The Bertz CT molecular complexity index is 1220. The first-order chi connectivity index (χ1) is 15.8. The highest BCUT2D eigenvalue weighted by molar-refractivity contribution is 5.63. The molecular formula is C24H26F2N6O. The smallest absolute Gasteiger partial charge is 0.221 e. The predicted octanol–water partition coefficient (Wildman–Crippen LogP) is 3.91. The van der Waals surface area contributed by atoms with E-state index in [0.717, 1.165) is 36.6 Å². The van der Waals surface area contributed by atoms with Gasteiger partial charge in [-0.05, 0) is 54.9 Å². The summed E-state index contributed by atoms with van der Waals surface area (Å²) in [6.45, 7) is 8.35. The number of H-pyrrole nitrogens is 1. The third-order valence-corrected chi connectivity index (χ3v) is 8.19. The lowest BCUT2D eigenvalue weighted by Crippen LogP contribution is -2.56. The number of halogens is 2. The van der Waals surface area contributed by atoms with E-state index in [-0.39, 0.29) is 34.1 Å². The second kappa shape index (κ2) is 7.03. The molecule has 1 saturated carbocycles. The van der Waals surface area contributed by atoms with Crippen molar-refractivity contribution < 1.29 is 13.5 Å². The van der Waals surface area contributed by atoms with Gasteiger partial charge in [-0.3, -0.25) is 0 Å². The van der Waals surface area contributed by atoms with Gasteiger partial charge in [0.2, 0.25) is 5.95 Å². The number of ether oxygens (including phenoxy) is 1. The molecule has 2 fully saturated rings. The van der Waals surface area contributed by atoms with Crippen LogP contribution in [-0.2, 0) is 10.2 Å². The van der Waals surface area contributed by atoms with Crippen molar-refractivity contribution in [2.45, 2.75) is 51.0 Å². The zero-order valence-corrected chi connectivity index (χ0v) is 18.9. The Morgan fingerprint density at radius 2 is 1.97 bits per heavy atom. The zero-order valence-electron chi connectivity index (χ0n) is 18.9. The maximum absolute atomic E-state index is 14.5. The van der Waals surface area contributed by atoms with Crippen LogP contribution < -0.4 is 4.90 Å². The van der Waals surface area contributed by atoms with Crippen LogP contribution in [0.1, 0.15) is 49.7 Å². The number of aryl methyl sites for hydroxylation is 1. The number of anilines is 1. The van der Waals surface area contributed by atoms with Gasteiger partial charge in [0.05, 0.1) is 29.7 Å². The molecule has 3 aromatic rings. The Hall–Kier alpha value is -2.94. The van der Waals surface area contributed by atoms with Gasteiger partial charge in [0.15, 0.2) is 0 Å². The number of benzene rings is 1. The van der Waals surface area contributed by atoms with Crippen LogP contribution in [0.4, 0.5) is 14.7 Å². The van der Waals surface area contributed by atoms with E-state index in [1.807, 2.05) is 13.0 Å². The van der Waals surface area contributed by atoms with Gasteiger partial charge in [0, 0.05) is 18.5 Å². The molecule has 1 aliphatic heterocycles. The molecule has 0 amide bonds. The normalized spacial score (nSPS) is 27.7. The van der Waals surface area contributed by atoms with Crippen molar-refractivity contribution in [1.29, 1.82) is 0 Å². The van der Waals surface area contributed by atoms with E-state index < -0.39 is 11.6 Å². The average molecular weight is 453 g/mol. The molecule has 1 N–H and O–H groups in total. The van der Waals surface area contributed by atoms with E-state index >= 15 is 0 Å². The number of nitrogens with one attached hydrogen (secondary N) is 1. The second-order valence-electron chi connectivity index (χ2n) is 9.93. The van der Waals surface area contributed by atoms with Crippen LogP contribution in [0.25, 0.3) is 11.3 Å². The number of morpholine rings is 1. The Morgan fingerprint density at radius 3 is 2.70 bits per heavy atom. The maximum atomic E-state index is 14.5. The van der Waals surface area contributed by atoms with Gasteiger partial charge < -0.3 is 9.64 Å². The summed E-state index contributed by atoms with van der Waals surface area (Å²) in [6.07, 6.45) is 1.81. The van der Waals surface area contributed by atoms with E-state index in [9.17, 15) is 8.78 Å². The molecule has 3 unspecified atom stereocenters. The number of hydrogen-bond acceptors (Lipinski definition) is 6. The van der Waals surface area contributed by atoms with E-state index in [4.69, 9.17) is 4.74 Å². The monoisotopic (exact) mass is 452 g/mol. The van der Waals surface area contributed by atoms with Crippen molar-refractivity contribution in [3.8, 4) is 11.3 Å². The van der Waals surface area contributed by atoms with Crippen LogP contribution in [-0.4, -0.2) is 51.2 Å². The van der Waals surface area contributed by atoms with Crippen molar-refractivity contribution in [3.63, 3.8) is 0 Å². The van der Waals surface area contributed by atoms with Gasteiger partial charge in [-0.1, -0.05) is 19.9 Å². The molecule has 33 heavy (non-hydrogen) atoms. The minimum atomic E-state index is -0.630. The standard InChI is InChI=1S/C24H26F2N6O/c1-13-27-22(31-28-13)32-9-10-33-19(12-32)24-8-7-15(23(24,2)3)14-11-18(29-30-21(14)24)20-16(25)5-4-6-17(20)26/h4-6,11,15,19H,7-10,12H2,1-3H3,(H,27,28,31). The quantitative estimate of drug-likeness (QED) is 0.649. The number of aromatic amines is 1. The summed E-state index contributed by atoms with van der Waals surface area (Å²) in [5, 5.41) is 16.1. The Balaban J connectivity index is 1.42. The van der Waals surface area contributed by atoms with Crippen molar-refractivity contribution in [3.05, 3.63) is 53.0 Å².